The highest BCUT2D eigenvalue weighted by molar-refractivity contribution is 5.73. The van der Waals surface area contributed by atoms with E-state index in [1.165, 1.54) is 0 Å². The third kappa shape index (κ3) is 11.9. The van der Waals surface area contributed by atoms with E-state index in [0.717, 1.165) is 13.1 Å². The summed E-state index contributed by atoms with van der Waals surface area (Å²) in [6.07, 6.45) is -5.08. The number of likely N-dealkylation sites (N-methyl/N-ethyl adjacent to an activating group) is 1. The molecule has 0 atom stereocenters. The van der Waals surface area contributed by atoms with Crippen LogP contribution in [-0.2, 0) is 4.79 Å². The number of carboxylic acid groups (broad SMARTS) is 1. The Morgan fingerprint density at radius 2 is 1.92 bits per heavy atom. The summed E-state index contributed by atoms with van der Waals surface area (Å²) in [6.45, 7) is 1.65. The number of alkyl halides is 3. The van der Waals surface area contributed by atoms with Gasteiger partial charge < -0.3 is 16.2 Å². The summed E-state index contributed by atoms with van der Waals surface area (Å²) < 4.78 is 31.7. The maximum absolute atomic E-state index is 10.6. The average Bonchev–Trinajstić information content (AvgIpc) is 1.88. The third-order valence-electron chi connectivity index (χ3n) is 0.637. The lowest BCUT2D eigenvalue weighted by molar-refractivity contribution is -0.192. The minimum Gasteiger partial charge on any atom is -0.475 e. The maximum Gasteiger partial charge on any atom is 0.490 e. The molecule has 0 amide bonds. The van der Waals surface area contributed by atoms with Crippen LogP contribution in [0.1, 0.15) is 0 Å². The van der Waals surface area contributed by atoms with Crippen molar-refractivity contribution in [2.75, 3.05) is 20.1 Å². The van der Waals surface area contributed by atoms with Crippen LogP contribution in [0.25, 0.3) is 0 Å². The number of halogens is 3. The van der Waals surface area contributed by atoms with E-state index in [-0.39, 0.29) is 0 Å². The summed E-state index contributed by atoms with van der Waals surface area (Å²) in [5.41, 5.74) is 5.08. The fourth-order valence-corrected chi connectivity index (χ4v) is 0.144. The highest BCUT2D eigenvalue weighted by Crippen LogP contribution is 2.13. The smallest absolute Gasteiger partial charge is 0.475 e. The summed E-state index contributed by atoms with van der Waals surface area (Å²) in [5, 5.41) is 10.0. The minimum absolute atomic E-state index is 0.733. The van der Waals surface area contributed by atoms with Gasteiger partial charge in [0, 0.05) is 13.1 Å². The molecule has 0 fully saturated rings. The van der Waals surface area contributed by atoms with Crippen molar-refractivity contribution in [1.29, 1.82) is 0 Å². The fourth-order valence-electron chi connectivity index (χ4n) is 0.144. The van der Waals surface area contributed by atoms with Crippen molar-refractivity contribution >= 4 is 5.97 Å². The molecule has 0 unspecified atom stereocenters. The largest absolute Gasteiger partial charge is 0.490 e. The van der Waals surface area contributed by atoms with Crippen LogP contribution in [-0.4, -0.2) is 37.4 Å². The quantitative estimate of drug-likeness (QED) is 0.560. The van der Waals surface area contributed by atoms with Crippen molar-refractivity contribution in [3.05, 3.63) is 0 Å². The Balaban J connectivity index is 0. The zero-order valence-corrected chi connectivity index (χ0v) is 6.48. The van der Waals surface area contributed by atoms with Gasteiger partial charge in [-0.25, -0.2) is 4.79 Å². The standard InChI is InChI=1S/C3H10N2.C2HF3O2/c1-5-3-2-4;3-2(4,5)1(6)7/h5H,2-4H2,1H3;(H,6,7). The molecule has 0 aliphatic heterocycles. The van der Waals surface area contributed by atoms with E-state index >= 15 is 0 Å². The number of aliphatic carboxylic acids is 1. The highest BCUT2D eigenvalue weighted by atomic mass is 19.4. The van der Waals surface area contributed by atoms with Gasteiger partial charge in [0.1, 0.15) is 0 Å². The van der Waals surface area contributed by atoms with Crippen molar-refractivity contribution in [2.45, 2.75) is 6.18 Å². The summed E-state index contributed by atoms with van der Waals surface area (Å²) in [7, 11) is 1.88. The predicted octanol–water partition coefficient (Wildman–Crippen LogP) is -0.202. The molecule has 0 aliphatic rings. The molecule has 7 heteroatoms. The average molecular weight is 188 g/mol. The molecule has 0 rings (SSSR count). The molecule has 0 saturated carbocycles. The zero-order valence-electron chi connectivity index (χ0n) is 6.48. The lowest BCUT2D eigenvalue weighted by atomic mass is 10.7. The second-order valence-corrected chi connectivity index (χ2v) is 1.70. The molecule has 0 aliphatic carbocycles. The molecular formula is C5H11F3N2O2. The number of nitrogens with two attached hydrogens (primary N) is 1. The van der Waals surface area contributed by atoms with E-state index in [0.29, 0.717) is 0 Å². The number of hydrogen-bond donors (Lipinski definition) is 3. The van der Waals surface area contributed by atoms with E-state index in [1.807, 2.05) is 7.05 Å². The van der Waals surface area contributed by atoms with Crippen molar-refractivity contribution < 1.29 is 23.1 Å². The SMILES string of the molecule is CNCCN.O=C(O)C(F)(F)F. The van der Waals surface area contributed by atoms with Gasteiger partial charge in [0.2, 0.25) is 0 Å². The minimum atomic E-state index is -5.08. The normalized spacial score (nSPS) is 10.1. The van der Waals surface area contributed by atoms with Gasteiger partial charge in [-0.05, 0) is 7.05 Å². The molecule has 0 radical (unpaired) electrons. The van der Waals surface area contributed by atoms with Gasteiger partial charge in [-0.3, -0.25) is 0 Å². The fraction of sp³-hybridized carbons (Fsp3) is 0.800. The van der Waals surface area contributed by atoms with E-state index in [1.54, 1.807) is 0 Å². The molecule has 0 spiro atoms. The van der Waals surface area contributed by atoms with E-state index in [4.69, 9.17) is 15.6 Å². The lowest BCUT2D eigenvalue weighted by Gasteiger charge is -1.93. The topological polar surface area (TPSA) is 75.3 Å². The maximum atomic E-state index is 10.6. The molecular weight excluding hydrogens is 177 g/mol. The summed E-state index contributed by atoms with van der Waals surface area (Å²) in [5.74, 6) is -2.76. The predicted molar refractivity (Wildman–Crippen MR) is 36.7 cm³/mol. The van der Waals surface area contributed by atoms with Gasteiger partial charge in [-0.2, -0.15) is 13.2 Å². The number of carboxylic acids is 1. The molecule has 0 aromatic heterocycles. The van der Waals surface area contributed by atoms with Crippen LogP contribution >= 0.6 is 0 Å². The highest BCUT2D eigenvalue weighted by Gasteiger charge is 2.38. The molecule has 0 heterocycles. The van der Waals surface area contributed by atoms with Gasteiger partial charge in [-0.15, -0.1) is 0 Å². The van der Waals surface area contributed by atoms with Crippen molar-refractivity contribution in [1.82, 2.24) is 5.32 Å². The van der Waals surface area contributed by atoms with E-state index in [2.05, 4.69) is 5.32 Å². The first-order valence-corrected chi connectivity index (χ1v) is 3.01. The van der Waals surface area contributed by atoms with Crippen LogP contribution in [0.15, 0.2) is 0 Å². The second-order valence-electron chi connectivity index (χ2n) is 1.70. The van der Waals surface area contributed by atoms with Gasteiger partial charge in [-0.1, -0.05) is 0 Å². The van der Waals surface area contributed by atoms with Crippen LogP contribution in [0, 0.1) is 0 Å². The Morgan fingerprint density at radius 1 is 1.58 bits per heavy atom. The van der Waals surface area contributed by atoms with Crippen LogP contribution in [0.2, 0.25) is 0 Å². The van der Waals surface area contributed by atoms with Crippen molar-refractivity contribution in [2.24, 2.45) is 5.73 Å². The first kappa shape index (κ1) is 13.7. The Labute approximate surface area is 67.5 Å². The summed E-state index contributed by atoms with van der Waals surface area (Å²) in [6, 6.07) is 0. The third-order valence-corrected chi connectivity index (χ3v) is 0.637. The molecule has 0 aromatic carbocycles. The first-order valence-electron chi connectivity index (χ1n) is 3.01. The van der Waals surface area contributed by atoms with Crippen LogP contribution in [0.3, 0.4) is 0 Å². The van der Waals surface area contributed by atoms with Gasteiger partial charge in [0.05, 0.1) is 0 Å². The summed E-state index contributed by atoms with van der Waals surface area (Å²) in [4.78, 5) is 8.90. The van der Waals surface area contributed by atoms with Gasteiger partial charge >= 0.3 is 12.1 Å². The Hall–Kier alpha value is -0.820. The van der Waals surface area contributed by atoms with E-state index in [9.17, 15) is 13.2 Å². The number of rotatable bonds is 2. The van der Waals surface area contributed by atoms with Gasteiger partial charge in [0.15, 0.2) is 0 Å². The second kappa shape index (κ2) is 6.86. The number of nitrogens with one attached hydrogen (secondary N) is 1. The Bertz CT molecular complexity index is 124. The van der Waals surface area contributed by atoms with Crippen molar-refractivity contribution in [3.8, 4) is 0 Å². The molecule has 0 bridgehead atoms. The molecule has 4 nitrogen and oxygen atoms in total. The van der Waals surface area contributed by atoms with E-state index < -0.39 is 12.1 Å². The molecule has 0 aromatic rings. The zero-order chi connectivity index (χ0) is 10.2. The molecule has 74 valence electrons. The first-order chi connectivity index (χ1) is 5.36. The van der Waals surface area contributed by atoms with Crippen LogP contribution in [0.5, 0.6) is 0 Å². The Kier molecular flexibility index (Phi) is 7.86. The lowest BCUT2D eigenvalue weighted by Crippen LogP contribution is -2.21. The van der Waals surface area contributed by atoms with Gasteiger partial charge in [0.25, 0.3) is 0 Å². The van der Waals surface area contributed by atoms with Crippen LogP contribution in [0.4, 0.5) is 13.2 Å². The number of hydrogen-bond acceptors (Lipinski definition) is 3. The Morgan fingerprint density at radius 3 is 1.92 bits per heavy atom. The molecule has 12 heavy (non-hydrogen) atoms. The molecule has 4 N–H and O–H groups in total. The summed E-state index contributed by atoms with van der Waals surface area (Å²) >= 11 is 0. The molecule has 0 saturated heterocycles. The monoisotopic (exact) mass is 188 g/mol. The van der Waals surface area contributed by atoms with Crippen LogP contribution < -0.4 is 11.1 Å². The number of carbonyl (C=O) groups is 1. The van der Waals surface area contributed by atoms with Crippen molar-refractivity contribution in [3.63, 3.8) is 0 Å².